The molecule has 193 valence electrons. The summed E-state index contributed by atoms with van der Waals surface area (Å²) in [5.74, 6) is 1.65. The largest absolute Gasteiger partial charge is 3.00 e. The van der Waals surface area contributed by atoms with Gasteiger partial charge in [-0.25, -0.2) is 23.3 Å². The molecular formula is C33H43Cl2Zr. The van der Waals surface area contributed by atoms with Crippen LogP contribution in [0.5, 0.6) is 0 Å². The third-order valence-corrected chi connectivity index (χ3v) is 6.00. The summed E-state index contributed by atoms with van der Waals surface area (Å²) in [6, 6.07) is 20.7. The molecule has 0 saturated carbocycles. The van der Waals surface area contributed by atoms with Crippen LogP contribution in [0.25, 0.3) is 0 Å². The molecule has 0 saturated heterocycles. The van der Waals surface area contributed by atoms with Gasteiger partial charge in [0.2, 0.25) is 0 Å². The smallest absolute Gasteiger partial charge is 0.269 e. The van der Waals surface area contributed by atoms with E-state index in [0.717, 1.165) is 24.7 Å². The van der Waals surface area contributed by atoms with Crippen LogP contribution < -0.4 is 0 Å². The Kier molecular flexibility index (Phi) is 23.5. The number of hydrogen-bond acceptors (Lipinski definition) is 0. The van der Waals surface area contributed by atoms with Gasteiger partial charge in [0.1, 0.15) is 0 Å². The predicted molar refractivity (Wildman–Crippen MR) is 159 cm³/mol. The maximum absolute atomic E-state index is 3.33. The Balaban J connectivity index is 0. The van der Waals surface area contributed by atoms with Crippen LogP contribution in [0.15, 0.2) is 96.1 Å². The summed E-state index contributed by atoms with van der Waals surface area (Å²) in [7, 11) is 0. The van der Waals surface area contributed by atoms with E-state index in [2.05, 4.69) is 119 Å². The van der Waals surface area contributed by atoms with Crippen molar-refractivity contribution in [3.8, 4) is 0 Å². The second-order valence-corrected chi connectivity index (χ2v) is 9.02. The van der Waals surface area contributed by atoms with Crippen molar-refractivity contribution >= 4 is 24.8 Å². The molecule has 4 rings (SSSR count). The summed E-state index contributed by atoms with van der Waals surface area (Å²) in [5, 5.41) is 0. The van der Waals surface area contributed by atoms with Crippen molar-refractivity contribution < 1.29 is 26.2 Å². The van der Waals surface area contributed by atoms with E-state index in [0.29, 0.717) is 0 Å². The topological polar surface area (TPSA) is 0 Å². The Hall–Kier alpha value is -1.27. The molecule has 3 heteroatoms. The minimum Gasteiger partial charge on any atom is -0.269 e. The fraction of sp³-hybridized carbons (Fsp3) is 0.364. The molecule has 36 heavy (non-hydrogen) atoms. The fourth-order valence-electron chi connectivity index (χ4n) is 3.51. The molecule has 1 radical (unpaired) electrons. The summed E-state index contributed by atoms with van der Waals surface area (Å²) in [6.45, 7) is 9.06. The van der Waals surface area contributed by atoms with Gasteiger partial charge in [-0.3, -0.25) is 12.2 Å². The molecule has 0 heterocycles. The van der Waals surface area contributed by atoms with Crippen LogP contribution in [0.2, 0.25) is 0 Å². The van der Waals surface area contributed by atoms with Gasteiger partial charge in [0.05, 0.1) is 0 Å². The Morgan fingerprint density at radius 3 is 1.31 bits per heavy atom. The maximum Gasteiger partial charge on any atom is 3.00 e. The molecule has 2 aliphatic carbocycles. The molecule has 0 N–H and O–H groups in total. The molecule has 2 unspecified atom stereocenters. The van der Waals surface area contributed by atoms with Crippen LogP contribution in [0, 0.1) is 30.4 Å². The number of benzene rings is 2. The number of halogens is 2. The normalized spacial score (nSPS) is 14.1. The molecule has 0 aliphatic heterocycles. The minimum atomic E-state index is 0. The van der Waals surface area contributed by atoms with Crippen LogP contribution in [-0.2, 0) is 26.2 Å². The maximum atomic E-state index is 3.33. The van der Waals surface area contributed by atoms with Crippen LogP contribution in [0.1, 0.15) is 77.3 Å². The number of rotatable bonds is 8. The van der Waals surface area contributed by atoms with Crippen LogP contribution in [0.4, 0.5) is 0 Å². The van der Waals surface area contributed by atoms with Gasteiger partial charge in [-0.2, -0.15) is 12.2 Å². The quantitative estimate of drug-likeness (QED) is 0.264. The summed E-state index contributed by atoms with van der Waals surface area (Å²) >= 11 is 0. The van der Waals surface area contributed by atoms with Gasteiger partial charge in [-0.05, 0) is 11.8 Å². The molecule has 0 bridgehead atoms. The van der Waals surface area contributed by atoms with Gasteiger partial charge in [0.25, 0.3) is 0 Å². The first-order chi connectivity index (χ1) is 16.1. The minimum absolute atomic E-state index is 0. The Morgan fingerprint density at radius 1 is 0.667 bits per heavy atom. The van der Waals surface area contributed by atoms with E-state index in [1.807, 2.05) is 12.1 Å². The van der Waals surface area contributed by atoms with Crippen molar-refractivity contribution in [1.29, 1.82) is 0 Å². The molecule has 0 fully saturated rings. The first kappa shape index (κ1) is 36.9. The monoisotopic (exact) mass is 599 g/mol. The first-order valence-electron chi connectivity index (χ1n) is 12.6. The SMILES string of the molecule is CCC(C)CC1=[C-]CC=C1.CCC(C)CC1=[C-]CC=C1.Cl.Cl.[Zr+3].c1ccc([CH-]c2ccccc2)cc1. The second-order valence-electron chi connectivity index (χ2n) is 9.02. The van der Waals surface area contributed by atoms with E-state index in [9.17, 15) is 0 Å². The van der Waals surface area contributed by atoms with Crippen molar-refractivity contribution in [2.75, 3.05) is 0 Å². The molecule has 0 nitrogen and oxygen atoms in total. The molecule has 2 aliphatic rings. The summed E-state index contributed by atoms with van der Waals surface area (Å²) in [6.07, 6.45) is 24.6. The average molecular weight is 602 g/mol. The third-order valence-electron chi connectivity index (χ3n) is 6.00. The number of hydrogen-bond donors (Lipinski definition) is 0. The van der Waals surface area contributed by atoms with Gasteiger partial charge < -0.3 is 0 Å². The Bertz CT molecular complexity index is 822. The average Bonchev–Trinajstić information content (AvgIpc) is 3.56. The zero-order valence-electron chi connectivity index (χ0n) is 22.4. The molecule has 0 amide bonds. The van der Waals surface area contributed by atoms with Gasteiger partial charge in [-0.1, -0.05) is 89.8 Å². The molecular weight excluding hydrogens is 558 g/mol. The van der Waals surface area contributed by atoms with Crippen LogP contribution in [0.3, 0.4) is 0 Å². The zero-order chi connectivity index (χ0) is 23.7. The Morgan fingerprint density at radius 2 is 1.03 bits per heavy atom. The summed E-state index contributed by atoms with van der Waals surface area (Å²) in [4.78, 5) is 0. The van der Waals surface area contributed by atoms with E-state index in [1.165, 1.54) is 48.0 Å². The van der Waals surface area contributed by atoms with Gasteiger partial charge in [0, 0.05) is 0 Å². The van der Waals surface area contributed by atoms with E-state index in [4.69, 9.17) is 0 Å². The van der Waals surface area contributed by atoms with E-state index >= 15 is 0 Å². The van der Waals surface area contributed by atoms with E-state index in [1.54, 1.807) is 0 Å². The first-order valence-corrected chi connectivity index (χ1v) is 12.6. The summed E-state index contributed by atoms with van der Waals surface area (Å²) in [5.41, 5.74) is 5.31. The molecule has 0 aromatic heterocycles. The Labute approximate surface area is 253 Å². The van der Waals surface area contributed by atoms with E-state index < -0.39 is 0 Å². The molecule has 2 aromatic carbocycles. The van der Waals surface area contributed by atoms with Crippen LogP contribution >= 0.6 is 24.8 Å². The standard InChI is InChI=1S/C13H11.2C10H15.2ClH.Zr/c1-3-7-12(8-4-1)11-13-9-5-2-6-10-13;2*1-3-9(2)8-10-6-4-5-7-10;;;/h1-11H;2*4,6,9H,3,5,8H2,1-2H3;2*1H;/q3*-1;;;+3. The zero-order valence-corrected chi connectivity index (χ0v) is 26.5. The molecule has 0 spiro atoms. The van der Waals surface area contributed by atoms with Crippen LogP contribution in [-0.4, -0.2) is 0 Å². The van der Waals surface area contributed by atoms with Crippen molar-refractivity contribution in [1.82, 2.24) is 0 Å². The van der Waals surface area contributed by atoms with Gasteiger partial charge in [0.15, 0.2) is 0 Å². The third kappa shape index (κ3) is 16.5. The fourth-order valence-corrected chi connectivity index (χ4v) is 3.51. The number of allylic oxidation sites excluding steroid dienone is 8. The van der Waals surface area contributed by atoms with Crippen molar-refractivity contribution in [2.24, 2.45) is 11.8 Å². The molecule has 2 atom stereocenters. The van der Waals surface area contributed by atoms with Crippen molar-refractivity contribution in [3.63, 3.8) is 0 Å². The second kappa shape index (κ2) is 22.9. The predicted octanol–water partition coefficient (Wildman–Crippen LogP) is 10.4. The van der Waals surface area contributed by atoms with Crippen molar-refractivity contribution in [2.45, 2.75) is 66.2 Å². The molecule has 2 aromatic rings. The van der Waals surface area contributed by atoms with Gasteiger partial charge >= 0.3 is 26.2 Å². The van der Waals surface area contributed by atoms with E-state index in [-0.39, 0.29) is 51.0 Å². The van der Waals surface area contributed by atoms with Gasteiger partial charge in [-0.15, -0.1) is 79.5 Å². The van der Waals surface area contributed by atoms with Crippen molar-refractivity contribution in [3.05, 3.63) is 126 Å². The summed E-state index contributed by atoms with van der Waals surface area (Å²) < 4.78 is 0.